The number of carbonyl (C=O) groups excluding carboxylic acids is 3. The Hall–Kier alpha value is -3.91. The van der Waals surface area contributed by atoms with Crippen LogP contribution in [0.15, 0.2) is 60.7 Å². The average molecular weight is 509 g/mol. The van der Waals surface area contributed by atoms with E-state index < -0.39 is 23.8 Å². The molecule has 1 aliphatic rings. The van der Waals surface area contributed by atoms with Crippen LogP contribution in [0.2, 0.25) is 5.02 Å². The van der Waals surface area contributed by atoms with E-state index in [0.717, 1.165) is 28.4 Å². The summed E-state index contributed by atoms with van der Waals surface area (Å²) in [5.41, 5.74) is 9.17. The van der Waals surface area contributed by atoms with E-state index in [1.807, 2.05) is 37.3 Å². The molecule has 0 aliphatic carbocycles. The maximum atomic E-state index is 14.0. The summed E-state index contributed by atoms with van der Waals surface area (Å²) in [7, 11) is 0. The van der Waals surface area contributed by atoms with Crippen LogP contribution in [0.5, 0.6) is 0 Å². The van der Waals surface area contributed by atoms with Crippen LogP contribution in [0.25, 0.3) is 11.1 Å². The van der Waals surface area contributed by atoms with Crippen LogP contribution in [0.4, 0.5) is 20.6 Å². The summed E-state index contributed by atoms with van der Waals surface area (Å²) in [6.45, 7) is 2.50. The third-order valence-corrected chi connectivity index (χ3v) is 6.41. The first kappa shape index (κ1) is 25.2. The van der Waals surface area contributed by atoms with Crippen molar-refractivity contribution in [2.24, 2.45) is 5.73 Å². The first-order valence-electron chi connectivity index (χ1n) is 11.6. The Balaban J connectivity index is 1.53. The van der Waals surface area contributed by atoms with E-state index in [2.05, 4.69) is 10.6 Å². The van der Waals surface area contributed by atoms with Crippen molar-refractivity contribution in [3.05, 3.63) is 82.6 Å². The molecule has 3 aromatic carbocycles. The number of carbonyl (C=O) groups is 3. The highest BCUT2D eigenvalue weighted by atomic mass is 35.5. The van der Waals surface area contributed by atoms with Gasteiger partial charge in [0, 0.05) is 22.8 Å². The van der Waals surface area contributed by atoms with E-state index >= 15 is 0 Å². The van der Waals surface area contributed by atoms with Gasteiger partial charge in [-0.05, 0) is 72.4 Å². The molecule has 4 rings (SSSR count). The van der Waals surface area contributed by atoms with Gasteiger partial charge in [-0.15, -0.1) is 0 Å². The van der Waals surface area contributed by atoms with E-state index in [9.17, 15) is 18.8 Å². The molecule has 3 aromatic rings. The van der Waals surface area contributed by atoms with Crippen molar-refractivity contribution in [2.75, 3.05) is 16.8 Å². The van der Waals surface area contributed by atoms with Gasteiger partial charge in [-0.2, -0.15) is 0 Å². The van der Waals surface area contributed by atoms with Gasteiger partial charge in [0.25, 0.3) is 0 Å². The molecule has 0 radical (unpaired) electrons. The minimum absolute atomic E-state index is 0.0304. The second kappa shape index (κ2) is 10.8. The predicted molar refractivity (Wildman–Crippen MR) is 139 cm³/mol. The lowest BCUT2D eigenvalue weighted by Crippen LogP contribution is -2.53. The highest BCUT2D eigenvalue weighted by Gasteiger charge is 2.32. The lowest BCUT2D eigenvalue weighted by atomic mass is 9.95. The fourth-order valence-electron chi connectivity index (χ4n) is 4.41. The number of piperidine rings is 1. The minimum atomic E-state index is -0.755. The number of urea groups is 1. The Morgan fingerprint density at radius 3 is 2.64 bits per heavy atom. The first-order valence-corrected chi connectivity index (χ1v) is 12.0. The predicted octanol–water partition coefficient (Wildman–Crippen LogP) is 5.12. The van der Waals surface area contributed by atoms with Crippen LogP contribution in [0.3, 0.4) is 0 Å². The molecule has 186 valence electrons. The Bertz CT molecular complexity index is 1330. The molecule has 0 spiro atoms. The number of benzene rings is 3. The molecule has 36 heavy (non-hydrogen) atoms. The molecular weight excluding hydrogens is 483 g/mol. The zero-order valence-electron chi connectivity index (χ0n) is 19.7. The van der Waals surface area contributed by atoms with E-state index in [1.54, 1.807) is 17.0 Å². The number of primary amides is 1. The summed E-state index contributed by atoms with van der Waals surface area (Å²) in [5.74, 6) is -1.42. The number of nitrogens with one attached hydrogen (secondary N) is 2. The molecule has 1 aliphatic heterocycles. The van der Waals surface area contributed by atoms with Gasteiger partial charge in [-0.1, -0.05) is 42.8 Å². The van der Waals surface area contributed by atoms with Crippen molar-refractivity contribution in [1.29, 1.82) is 0 Å². The molecular formula is C27H26ClFN4O3. The van der Waals surface area contributed by atoms with Crippen molar-refractivity contribution in [3.63, 3.8) is 0 Å². The van der Waals surface area contributed by atoms with Crippen molar-refractivity contribution in [2.45, 2.75) is 32.2 Å². The number of hydrogen-bond acceptors (Lipinski definition) is 3. The molecule has 0 aromatic heterocycles. The van der Waals surface area contributed by atoms with E-state index in [-0.39, 0.29) is 16.6 Å². The van der Waals surface area contributed by atoms with E-state index in [1.165, 1.54) is 12.1 Å². The van der Waals surface area contributed by atoms with Crippen LogP contribution in [-0.4, -0.2) is 30.4 Å². The van der Waals surface area contributed by atoms with Gasteiger partial charge in [0.15, 0.2) is 0 Å². The van der Waals surface area contributed by atoms with Crippen LogP contribution < -0.4 is 21.3 Å². The van der Waals surface area contributed by atoms with Crippen molar-refractivity contribution < 1.29 is 18.8 Å². The molecule has 1 saturated heterocycles. The monoisotopic (exact) mass is 508 g/mol. The van der Waals surface area contributed by atoms with E-state index in [0.29, 0.717) is 31.4 Å². The molecule has 0 bridgehead atoms. The van der Waals surface area contributed by atoms with Gasteiger partial charge >= 0.3 is 6.03 Å². The minimum Gasteiger partial charge on any atom is -0.366 e. The molecule has 0 unspecified atom stereocenters. The molecule has 7 nitrogen and oxygen atoms in total. The van der Waals surface area contributed by atoms with Crippen molar-refractivity contribution >= 4 is 40.8 Å². The number of amides is 4. The van der Waals surface area contributed by atoms with Gasteiger partial charge in [0.05, 0.1) is 5.69 Å². The van der Waals surface area contributed by atoms with Crippen LogP contribution in [-0.2, 0) is 11.2 Å². The van der Waals surface area contributed by atoms with Crippen molar-refractivity contribution in [1.82, 2.24) is 5.32 Å². The second-order valence-corrected chi connectivity index (χ2v) is 8.95. The van der Waals surface area contributed by atoms with Gasteiger partial charge in [-0.25, -0.2) is 9.18 Å². The van der Waals surface area contributed by atoms with Crippen LogP contribution >= 0.6 is 11.6 Å². The fourth-order valence-corrected chi connectivity index (χ4v) is 4.56. The maximum absolute atomic E-state index is 14.0. The third kappa shape index (κ3) is 5.33. The van der Waals surface area contributed by atoms with E-state index in [4.69, 9.17) is 17.3 Å². The molecule has 1 fully saturated rings. The molecule has 4 amide bonds. The Labute approximate surface area is 213 Å². The van der Waals surface area contributed by atoms with Crippen LogP contribution in [0, 0.1) is 5.82 Å². The van der Waals surface area contributed by atoms with Crippen LogP contribution in [0.1, 0.15) is 35.7 Å². The lowest BCUT2D eigenvalue weighted by molar-refractivity contribution is -0.121. The number of hydrogen-bond donors (Lipinski definition) is 3. The van der Waals surface area contributed by atoms with Gasteiger partial charge in [0.1, 0.15) is 11.9 Å². The Kier molecular flexibility index (Phi) is 7.55. The summed E-state index contributed by atoms with van der Waals surface area (Å²) < 4.78 is 14.0. The molecule has 9 heteroatoms. The van der Waals surface area contributed by atoms with Crippen molar-refractivity contribution in [3.8, 4) is 11.1 Å². The quantitative estimate of drug-likeness (QED) is 0.430. The lowest BCUT2D eigenvalue weighted by Gasteiger charge is -2.34. The summed E-state index contributed by atoms with van der Waals surface area (Å²) in [5, 5.41) is 5.31. The third-order valence-electron chi connectivity index (χ3n) is 6.18. The largest absolute Gasteiger partial charge is 0.366 e. The van der Waals surface area contributed by atoms with Gasteiger partial charge in [0.2, 0.25) is 11.8 Å². The first-order chi connectivity index (χ1) is 17.3. The number of nitrogens with zero attached hydrogens (tertiary/aromatic N) is 1. The number of aryl methyl sites for hydroxylation is 1. The number of nitrogens with two attached hydrogens (primary N) is 1. The maximum Gasteiger partial charge on any atom is 0.319 e. The van der Waals surface area contributed by atoms with Gasteiger partial charge < -0.3 is 21.3 Å². The topological polar surface area (TPSA) is 105 Å². The standard InChI is InChI=1S/C27H26ClFN4O3/c1-2-16-14-17(19-6-3-4-7-20(19)25(30)34)9-12-24(16)33-13-5-8-23(26(33)35)32-27(36)31-22-11-10-18(28)15-21(22)29/h3-4,6-7,9-12,14-15,23H,2,5,8,13H2,1H3,(H2,30,34)(H2,31,32,36)/t23-/m1/s1. The van der Waals surface area contributed by atoms with Gasteiger partial charge in [-0.3, -0.25) is 9.59 Å². The molecule has 1 heterocycles. The number of halogens is 2. The molecule has 0 saturated carbocycles. The number of anilines is 2. The average Bonchev–Trinajstić information content (AvgIpc) is 2.86. The fraction of sp³-hybridized carbons (Fsp3) is 0.222. The summed E-state index contributed by atoms with van der Waals surface area (Å²) in [4.78, 5) is 39.4. The zero-order valence-corrected chi connectivity index (χ0v) is 20.4. The number of rotatable bonds is 6. The summed E-state index contributed by atoms with van der Waals surface area (Å²) >= 11 is 5.75. The summed E-state index contributed by atoms with van der Waals surface area (Å²) in [6, 6.07) is 15.3. The summed E-state index contributed by atoms with van der Waals surface area (Å²) in [6.07, 6.45) is 1.80. The SMILES string of the molecule is CCc1cc(-c2ccccc2C(N)=O)ccc1N1CCC[C@@H](NC(=O)Nc2ccc(Cl)cc2F)C1=O. The molecule has 4 N–H and O–H groups in total. The Morgan fingerprint density at radius 1 is 1.14 bits per heavy atom. The highest BCUT2D eigenvalue weighted by molar-refractivity contribution is 6.30. The Morgan fingerprint density at radius 2 is 1.92 bits per heavy atom. The highest BCUT2D eigenvalue weighted by Crippen LogP contribution is 2.32. The zero-order chi connectivity index (χ0) is 25.8. The molecule has 1 atom stereocenters. The second-order valence-electron chi connectivity index (χ2n) is 8.51. The smallest absolute Gasteiger partial charge is 0.319 e. The normalized spacial score (nSPS) is 15.5.